The lowest BCUT2D eigenvalue weighted by molar-refractivity contribution is 0.0890. The highest BCUT2D eigenvalue weighted by Gasteiger charge is 2.44. The SMILES string of the molecule is CC(C)c1ccoc1C(=O)NCC12CCCN1CCC2. The molecule has 1 aromatic heterocycles. The molecule has 20 heavy (non-hydrogen) atoms. The summed E-state index contributed by atoms with van der Waals surface area (Å²) in [5.74, 6) is 0.730. The molecule has 2 saturated heterocycles. The second-order valence-electron chi connectivity index (χ2n) is 6.46. The molecular formula is C16H24N2O2. The molecule has 4 nitrogen and oxygen atoms in total. The number of amides is 1. The van der Waals surface area contributed by atoms with E-state index in [1.807, 2.05) is 6.07 Å². The van der Waals surface area contributed by atoms with E-state index < -0.39 is 0 Å². The maximum absolute atomic E-state index is 12.3. The van der Waals surface area contributed by atoms with Gasteiger partial charge in [-0.25, -0.2) is 0 Å². The number of carbonyl (C=O) groups is 1. The number of fused-ring (bicyclic) bond motifs is 1. The van der Waals surface area contributed by atoms with Crippen LogP contribution in [0.4, 0.5) is 0 Å². The van der Waals surface area contributed by atoms with Crippen LogP contribution in [0.25, 0.3) is 0 Å². The molecule has 0 aromatic carbocycles. The van der Waals surface area contributed by atoms with Crippen LogP contribution in [0.5, 0.6) is 0 Å². The van der Waals surface area contributed by atoms with Crippen molar-refractivity contribution in [3.05, 3.63) is 23.7 Å². The number of carbonyl (C=O) groups excluding carboxylic acids is 1. The summed E-state index contributed by atoms with van der Waals surface area (Å²) in [5.41, 5.74) is 1.22. The molecule has 2 aliphatic heterocycles. The van der Waals surface area contributed by atoms with Gasteiger partial charge < -0.3 is 9.73 Å². The van der Waals surface area contributed by atoms with Gasteiger partial charge in [-0.1, -0.05) is 13.8 Å². The Labute approximate surface area is 120 Å². The van der Waals surface area contributed by atoms with E-state index in [0.717, 1.165) is 12.1 Å². The van der Waals surface area contributed by atoms with E-state index in [1.54, 1.807) is 6.26 Å². The van der Waals surface area contributed by atoms with Gasteiger partial charge in [0.1, 0.15) is 0 Å². The number of furan rings is 1. The monoisotopic (exact) mass is 276 g/mol. The molecule has 3 heterocycles. The summed E-state index contributed by atoms with van der Waals surface area (Å²) in [4.78, 5) is 14.9. The minimum atomic E-state index is -0.0631. The Morgan fingerprint density at radius 2 is 2.10 bits per heavy atom. The first-order chi connectivity index (χ1) is 9.62. The van der Waals surface area contributed by atoms with Gasteiger partial charge in [-0.05, 0) is 50.8 Å². The van der Waals surface area contributed by atoms with Crippen LogP contribution in [0.1, 0.15) is 61.6 Å². The van der Waals surface area contributed by atoms with Gasteiger partial charge in [-0.3, -0.25) is 9.69 Å². The maximum Gasteiger partial charge on any atom is 0.287 e. The Balaban J connectivity index is 1.66. The highest BCUT2D eigenvalue weighted by molar-refractivity contribution is 5.93. The van der Waals surface area contributed by atoms with Crippen molar-refractivity contribution in [2.75, 3.05) is 19.6 Å². The van der Waals surface area contributed by atoms with Crippen LogP contribution in [0.3, 0.4) is 0 Å². The molecule has 0 radical (unpaired) electrons. The van der Waals surface area contributed by atoms with Crippen molar-refractivity contribution in [3.63, 3.8) is 0 Å². The van der Waals surface area contributed by atoms with Crippen molar-refractivity contribution in [1.82, 2.24) is 10.2 Å². The van der Waals surface area contributed by atoms with Gasteiger partial charge >= 0.3 is 0 Å². The van der Waals surface area contributed by atoms with Gasteiger partial charge in [-0.15, -0.1) is 0 Å². The van der Waals surface area contributed by atoms with Crippen molar-refractivity contribution in [3.8, 4) is 0 Å². The summed E-state index contributed by atoms with van der Waals surface area (Å²) in [7, 11) is 0. The first-order valence-corrected chi connectivity index (χ1v) is 7.73. The summed E-state index contributed by atoms with van der Waals surface area (Å²) in [5, 5.41) is 3.11. The predicted molar refractivity (Wildman–Crippen MR) is 77.9 cm³/mol. The molecule has 1 amide bonds. The fourth-order valence-electron chi connectivity index (χ4n) is 3.80. The van der Waals surface area contributed by atoms with Crippen molar-refractivity contribution < 1.29 is 9.21 Å². The van der Waals surface area contributed by atoms with E-state index in [9.17, 15) is 4.79 Å². The van der Waals surface area contributed by atoms with Crippen LogP contribution in [0.15, 0.2) is 16.7 Å². The molecule has 0 spiro atoms. The fraction of sp³-hybridized carbons (Fsp3) is 0.688. The average molecular weight is 276 g/mol. The predicted octanol–water partition coefficient (Wildman–Crippen LogP) is 2.76. The summed E-state index contributed by atoms with van der Waals surface area (Å²) < 4.78 is 5.39. The summed E-state index contributed by atoms with van der Waals surface area (Å²) in [6.07, 6.45) is 6.55. The zero-order valence-corrected chi connectivity index (χ0v) is 12.4. The van der Waals surface area contributed by atoms with E-state index in [2.05, 4.69) is 24.1 Å². The third-order valence-corrected chi connectivity index (χ3v) is 4.91. The summed E-state index contributed by atoms with van der Waals surface area (Å²) >= 11 is 0. The second kappa shape index (κ2) is 5.24. The van der Waals surface area contributed by atoms with E-state index in [0.29, 0.717) is 11.7 Å². The summed E-state index contributed by atoms with van der Waals surface area (Å²) in [6.45, 7) is 7.29. The molecule has 0 atom stereocenters. The lowest BCUT2D eigenvalue weighted by Crippen LogP contribution is -2.48. The highest BCUT2D eigenvalue weighted by Crippen LogP contribution is 2.38. The van der Waals surface area contributed by atoms with Gasteiger partial charge in [-0.2, -0.15) is 0 Å². The lowest BCUT2D eigenvalue weighted by atomic mass is 9.94. The third-order valence-electron chi connectivity index (χ3n) is 4.91. The molecule has 2 fully saturated rings. The van der Waals surface area contributed by atoms with E-state index in [-0.39, 0.29) is 11.4 Å². The lowest BCUT2D eigenvalue weighted by Gasteiger charge is -2.32. The zero-order chi connectivity index (χ0) is 14.2. The molecule has 110 valence electrons. The van der Waals surface area contributed by atoms with Gasteiger partial charge in [0, 0.05) is 17.6 Å². The number of hydrogen-bond donors (Lipinski definition) is 1. The van der Waals surface area contributed by atoms with Crippen molar-refractivity contribution in [2.24, 2.45) is 0 Å². The van der Waals surface area contributed by atoms with Crippen LogP contribution in [0.2, 0.25) is 0 Å². The molecule has 0 unspecified atom stereocenters. The van der Waals surface area contributed by atoms with Crippen LogP contribution in [-0.4, -0.2) is 36.0 Å². The minimum Gasteiger partial charge on any atom is -0.459 e. The maximum atomic E-state index is 12.3. The van der Waals surface area contributed by atoms with Gasteiger partial charge in [0.15, 0.2) is 5.76 Å². The van der Waals surface area contributed by atoms with Crippen molar-refractivity contribution >= 4 is 5.91 Å². The Bertz CT molecular complexity index is 482. The first kappa shape index (κ1) is 13.7. The first-order valence-electron chi connectivity index (χ1n) is 7.73. The standard InChI is InChI=1S/C16H24N2O2/c1-12(2)13-5-10-20-14(13)15(19)17-11-16-6-3-8-18(16)9-4-7-16/h5,10,12H,3-4,6-9,11H2,1-2H3,(H,17,19). The van der Waals surface area contributed by atoms with Crippen LogP contribution < -0.4 is 5.32 Å². The Hall–Kier alpha value is -1.29. The Kier molecular flexibility index (Phi) is 3.59. The number of nitrogens with zero attached hydrogens (tertiary/aromatic N) is 1. The van der Waals surface area contributed by atoms with E-state index in [1.165, 1.54) is 38.8 Å². The number of rotatable bonds is 4. The highest BCUT2D eigenvalue weighted by atomic mass is 16.3. The Morgan fingerprint density at radius 1 is 1.40 bits per heavy atom. The number of hydrogen-bond acceptors (Lipinski definition) is 3. The van der Waals surface area contributed by atoms with Crippen LogP contribution >= 0.6 is 0 Å². The zero-order valence-electron chi connectivity index (χ0n) is 12.4. The minimum absolute atomic E-state index is 0.0631. The van der Waals surface area contributed by atoms with Crippen molar-refractivity contribution in [1.29, 1.82) is 0 Å². The number of nitrogens with one attached hydrogen (secondary N) is 1. The molecular weight excluding hydrogens is 252 g/mol. The van der Waals surface area contributed by atoms with Crippen LogP contribution in [0, 0.1) is 0 Å². The molecule has 4 heteroatoms. The smallest absolute Gasteiger partial charge is 0.287 e. The molecule has 1 N–H and O–H groups in total. The molecule has 0 aliphatic carbocycles. The average Bonchev–Trinajstić information content (AvgIpc) is 3.10. The summed E-state index contributed by atoms with van der Waals surface area (Å²) in [6, 6.07) is 1.90. The largest absolute Gasteiger partial charge is 0.459 e. The van der Waals surface area contributed by atoms with Crippen molar-refractivity contribution in [2.45, 2.75) is 51.0 Å². The van der Waals surface area contributed by atoms with Crippen LogP contribution in [-0.2, 0) is 0 Å². The molecule has 0 saturated carbocycles. The quantitative estimate of drug-likeness (QED) is 0.919. The van der Waals surface area contributed by atoms with E-state index >= 15 is 0 Å². The normalized spacial score (nSPS) is 21.4. The Morgan fingerprint density at radius 3 is 2.75 bits per heavy atom. The molecule has 0 bridgehead atoms. The fourth-order valence-corrected chi connectivity index (χ4v) is 3.80. The van der Waals surface area contributed by atoms with Gasteiger partial charge in [0.2, 0.25) is 0 Å². The molecule has 2 aliphatic rings. The molecule has 3 rings (SSSR count). The van der Waals surface area contributed by atoms with Gasteiger partial charge in [0.05, 0.1) is 6.26 Å². The van der Waals surface area contributed by atoms with E-state index in [4.69, 9.17) is 4.42 Å². The topological polar surface area (TPSA) is 45.5 Å². The second-order valence-corrected chi connectivity index (χ2v) is 6.46. The molecule has 1 aromatic rings. The third kappa shape index (κ3) is 2.26. The van der Waals surface area contributed by atoms with Gasteiger partial charge in [0.25, 0.3) is 5.91 Å².